The Labute approximate surface area is 141 Å². The lowest BCUT2D eigenvalue weighted by atomic mass is 10.0. The molecule has 0 aliphatic heterocycles. The third kappa shape index (κ3) is 3.93. The summed E-state index contributed by atoms with van der Waals surface area (Å²) in [4.78, 5) is 0. The summed E-state index contributed by atoms with van der Waals surface area (Å²) in [5, 5.41) is 0. The second-order valence-corrected chi connectivity index (χ2v) is 10.7. The Morgan fingerprint density at radius 2 is 0.960 bits per heavy atom. The van der Waals surface area contributed by atoms with Gasteiger partial charge in [-0.15, -0.1) is 0 Å². The van der Waals surface area contributed by atoms with Gasteiger partial charge in [0.15, 0.2) is 6.17 Å². The highest BCUT2D eigenvalue weighted by molar-refractivity contribution is 6.73. The van der Waals surface area contributed by atoms with E-state index in [-0.39, 0.29) is 0 Å². The Morgan fingerprint density at radius 3 is 1.20 bits per heavy atom. The van der Waals surface area contributed by atoms with Crippen molar-refractivity contribution >= 4 is 8.56 Å². The van der Waals surface area contributed by atoms with Crippen LogP contribution < -0.4 is 0 Å². The van der Waals surface area contributed by atoms with Crippen molar-refractivity contribution in [2.45, 2.75) is 36.4 Å². The minimum atomic E-state index is -5.98. The van der Waals surface area contributed by atoms with Crippen molar-refractivity contribution in [3.8, 4) is 0 Å². The molecule has 0 amide bonds. The Balaban J connectivity index is 6.19. The van der Waals surface area contributed by atoms with Gasteiger partial charge in [0.05, 0.1) is 0 Å². The summed E-state index contributed by atoms with van der Waals surface area (Å²) < 4.78 is 124. The molecule has 0 saturated carbocycles. The normalized spacial score (nSPS) is 18.4. The quantitative estimate of drug-likeness (QED) is 0.430. The molecule has 0 aliphatic rings. The van der Waals surface area contributed by atoms with Gasteiger partial charge in [0.25, 0.3) is 6.43 Å². The number of rotatable bonds is 9. The van der Waals surface area contributed by atoms with E-state index in [1.54, 1.807) is 0 Å². The lowest BCUT2D eigenvalue weighted by Crippen LogP contribution is -2.80. The number of nitrogens with zero attached hydrogens (tertiary/aromatic N) is 3. The molecule has 3 atom stereocenters. The van der Waals surface area contributed by atoms with Gasteiger partial charge in [-0.1, -0.05) is 0 Å². The van der Waals surface area contributed by atoms with Crippen LogP contribution in [0.15, 0.2) is 0 Å². The van der Waals surface area contributed by atoms with Crippen LogP contribution in [-0.4, -0.2) is 101 Å². The van der Waals surface area contributed by atoms with E-state index in [0.29, 0.717) is 0 Å². The van der Waals surface area contributed by atoms with Crippen molar-refractivity contribution in [3.63, 3.8) is 0 Å². The maximum absolute atomic E-state index is 14.8. The Kier molecular flexibility index (Phi) is 7.83. The molecule has 0 saturated heterocycles. The molecule has 0 N–H and O–H groups in total. The molecule has 0 bridgehead atoms. The second kappa shape index (κ2) is 8.01. The van der Waals surface area contributed by atoms with E-state index < -0.39 is 45.0 Å². The van der Waals surface area contributed by atoms with Crippen LogP contribution in [0.4, 0.5) is 39.5 Å². The van der Waals surface area contributed by atoms with E-state index in [2.05, 4.69) is 0 Å². The topological polar surface area (TPSA) is 9.72 Å². The summed E-state index contributed by atoms with van der Waals surface area (Å²) in [5.74, 6) is -15.4. The van der Waals surface area contributed by atoms with E-state index in [1.807, 2.05) is 0 Å². The van der Waals surface area contributed by atoms with Crippen LogP contribution >= 0.6 is 0 Å². The maximum Gasteiger partial charge on any atom is 0.346 e. The van der Waals surface area contributed by atoms with Gasteiger partial charge in [-0.05, 0) is 42.3 Å². The number of hydrogen-bond acceptors (Lipinski definition) is 3. The van der Waals surface area contributed by atoms with Crippen molar-refractivity contribution in [2.75, 3.05) is 42.3 Å². The van der Waals surface area contributed by atoms with Crippen molar-refractivity contribution in [3.05, 3.63) is 0 Å². The first kappa shape index (κ1) is 24.5. The molecule has 0 radical (unpaired) electrons. The highest BCUT2D eigenvalue weighted by atomic mass is 28.4. The van der Waals surface area contributed by atoms with E-state index >= 15 is 0 Å². The molecule has 0 fully saturated rings. The van der Waals surface area contributed by atoms with Crippen molar-refractivity contribution < 1.29 is 39.5 Å². The average Bonchev–Trinajstić information content (AvgIpc) is 2.44. The highest BCUT2D eigenvalue weighted by Crippen LogP contribution is 2.47. The molecule has 0 heterocycles. The summed E-state index contributed by atoms with van der Waals surface area (Å²) in [6.07, 6.45) is -13.0. The smallest absolute Gasteiger partial charge is 0.303 e. The monoisotopic (exact) mass is 407 g/mol. The van der Waals surface area contributed by atoms with E-state index in [0.717, 1.165) is 56.0 Å². The predicted molar refractivity (Wildman–Crippen MR) is 77.4 cm³/mol. The van der Waals surface area contributed by atoms with E-state index in [9.17, 15) is 39.5 Å². The lowest BCUT2D eigenvalue weighted by Gasteiger charge is -2.50. The zero-order chi connectivity index (χ0) is 20.5. The Bertz CT molecular complexity index is 412. The van der Waals surface area contributed by atoms with Crippen LogP contribution in [0.1, 0.15) is 0 Å². The van der Waals surface area contributed by atoms with Crippen LogP contribution in [0.3, 0.4) is 0 Å². The van der Waals surface area contributed by atoms with Gasteiger partial charge in [-0.2, -0.15) is 17.6 Å². The number of hydrogen-bond donors (Lipinski definition) is 0. The molecule has 25 heavy (non-hydrogen) atoms. The van der Waals surface area contributed by atoms with Gasteiger partial charge in [0, 0.05) is 0 Å². The predicted octanol–water partition coefficient (Wildman–Crippen LogP) is 2.70. The summed E-state index contributed by atoms with van der Waals surface area (Å²) in [6, 6.07) is 0. The van der Waals surface area contributed by atoms with Crippen molar-refractivity contribution in [1.29, 1.82) is 0 Å². The third-order valence-electron chi connectivity index (χ3n) is 3.94. The molecule has 152 valence electrons. The lowest BCUT2D eigenvalue weighted by molar-refractivity contribution is -0.269. The van der Waals surface area contributed by atoms with Gasteiger partial charge >= 0.3 is 20.4 Å². The van der Waals surface area contributed by atoms with Gasteiger partial charge < -0.3 is 13.7 Å². The van der Waals surface area contributed by atoms with Crippen LogP contribution in [0.25, 0.3) is 0 Å². The van der Waals surface area contributed by atoms with Crippen LogP contribution in [0.5, 0.6) is 0 Å². The summed E-state index contributed by atoms with van der Waals surface area (Å²) >= 11 is 0. The minimum absolute atomic E-state index is 0.967. The van der Waals surface area contributed by atoms with Gasteiger partial charge in [0.2, 0.25) is 12.0 Å². The highest BCUT2D eigenvalue weighted by Gasteiger charge is 2.75. The fraction of sp³-hybridized carbons (Fsp3) is 1.00. The van der Waals surface area contributed by atoms with Gasteiger partial charge in [0.1, 0.15) is 0 Å². The van der Waals surface area contributed by atoms with Crippen LogP contribution in [0, 0.1) is 0 Å². The third-order valence-corrected chi connectivity index (χ3v) is 8.94. The molecular formula is C12H22F9N3Si. The first-order chi connectivity index (χ1) is 11.0. The van der Waals surface area contributed by atoms with Gasteiger partial charge in [-0.25, -0.2) is 22.0 Å². The van der Waals surface area contributed by atoms with Crippen molar-refractivity contribution in [2.24, 2.45) is 0 Å². The molecule has 0 aromatic carbocycles. The minimum Gasteiger partial charge on any atom is -0.303 e. The summed E-state index contributed by atoms with van der Waals surface area (Å²) in [7, 11) is 2.63. The average molecular weight is 407 g/mol. The van der Waals surface area contributed by atoms with Crippen LogP contribution in [-0.2, 0) is 0 Å². The second-order valence-electron chi connectivity index (χ2n) is 6.16. The molecule has 3 unspecified atom stereocenters. The first-order valence-electron chi connectivity index (χ1n) is 6.98. The van der Waals surface area contributed by atoms with E-state index in [1.165, 1.54) is 0 Å². The molecule has 3 nitrogen and oxygen atoms in total. The molecule has 0 rings (SSSR count). The zero-order valence-electron chi connectivity index (χ0n) is 14.6. The zero-order valence-corrected chi connectivity index (χ0v) is 15.6. The molecule has 0 aliphatic carbocycles. The van der Waals surface area contributed by atoms with Crippen LogP contribution in [0.2, 0.25) is 0 Å². The van der Waals surface area contributed by atoms with Crippen molar-refractivity contribution in [1.82, 2.24) is 13.7 Å². The standard InChI is InChI=1S/C12H22F9N3Si/c1-22(2)25(23(3)4,24(5)6)10(17)12(20,21)11(18,19)8(14)7(13)9(15)16/h7-10H,1-6H3. The maximum atomic E-state index is 14.8. The number of alkyl halides is 9. The summed E-state index contributed by atoms with van der Waals surface area (Å²) in [5.41, 5.74) is 0. The molecule has 0 aromatic heterocycles. The Morgan fingerprint density at radius 1 is 0.640 bits per heavy atom. The summed E-state index contributed by atoms with van der Waals surface area (Å²) in [6.45, 7) is 0. The Hall–Kier alpha value is -0.533. The molecular weight excluding hydrogens is 385 g/mol. The fourth-order valence-corrected chi connectivity index (χ4v) is 7.24. The first-order valence-corrected chi connectivity index (χ1v) is 8.90. The SMILES string of the molecule is CN(C)[Si](C(F)C(F)(F)C(F)(F)C(F)C(F)C(F)F)(N(C)C)N(C)C. The fourth-order valence-electron chi connectivity index (χ4n) is 2.80. The largest absolute Gasteiger partial charge is 0.346 e. The number of halogens is 9. The van der Waals surface area contributed by atoms with E-state index in [4.69, 9.17) is 0 Å². The molecule has 0 aromatic rings. The molecule has 13 heteroatoms. The van der Waals surface area contributed by atoms with Gasteiger partial charge in [-0.3, -0.25) is 0 Å². The molecule has 0 spiro atoms.